The molecule has 1 aromatic carbocycles. The van der Waals surface area contributed by atoms with Crippen molar-refractivity contribution in [1.29, 1.82) is 0 Å². The van der Waals surface area contributed by atoms with E-state index in [2.05, 4.69) is 0 Å². The molecule has 1 atom stereocenters. The van der Waals surface area contributed by atoms with Gasteiger partial charge in [-0.1, -0.05) is 12.1 Å². The molecule has 0 saturated carbocycles. The zero-order valence-electron chi connectivity index (χ0n) is 14.5. The van der Waals surface area contributed by atoms with E-state index >= 15 is 0 Å². The van der Waals surface area contributed by atoms with Crippen LogP contribution in [0.25, 0.3) is 0 Å². The molecule has 1 heterocycles. The number of alkyl halides is 13. The molecule has 1 aliphatic rings. The van der Waals surface area contributed by atoms with Gasteiger partial charge in [0.2, 0.25) is 0 Å². The number of ether oxygens (including phenoxy) is 1. The first-order valence-electron chi connectivity index (χ1n) is 7.94. The summed E-state index contributed by atoms with van der Waals surface area (Å²) in [5, 5.41) is 0. The van der Waals surface area contributed by atoms with Crippen LogP contribution < -0.4 is 4.74 Å². The minimum atomic E-state index is -7.94. The van der Waals surface area contributed by atoms with Gasteiger partial charge in [-0.3, -0.25) is 4.79 Å². The quantitative estimate of drug-likeness (QED) is 0.357. The van der Waals surface area contributed by atoms with Crippen molar-refractivity contribution in [3.8, 4) is 5.75 Å². The molecule has 2 nitrogen and oxygen atoms in total. The summed E-state index contributed by atoms with van der Waals surface area (Å²) in [6.07, 6.45) is -12.5. The molecule has 0 unspecified atom stereocenters. The maximum absolute atomic E-state index is 13.9. The Morgan fingerprint density at radius 1 is 0.806 bits per heavy atom. The molecule has 0 aliphatic carbocycles. The van der Waals surface area contributed by atoms with Crippen LogP contribution in [0.15, 0.2) is 18.2 Å². The van der Waals surface area contributed by atoms with Gasteiger partial charge in [0.1, 0.15) is 11.9 Å². The van der Waals surface area contributed by atoms with Crippen LogP contribution in [0.2, 0.25) is 0 Å². The van der Waals surface area contributed by atoms with Crippen molar-refractivity contribution in [1.82, 2.24) is 0 Å². The SMILES string of the molecule is O=Cc1cccc2c1O[C@H](CC(F)(F)C(F)(F)C(F)(F)C(F)(F)C(F)(F)C(F)(F)F)C2. The van der Waals surface area contributed by atoms with Crippen molar-refractivity contribution in [2.75, 3.05) is 0 Å². The highest BCUT2D eigenvalue weighted by Gasteiger charge is 2.90. The highest BCUT2D eigenvalue weighted by atomic mass is 19.4. The molecule has 0 bridgehead atoms. The van der Waals surface area contributed by atoms with Crippen molar-refractivity contribution in [2.45, 2.75) is 54.7 Å². The first-order valence-corrected chi connectivity index (χ1v) is 7.94. The maximum Gasteiger partial charge on any atom is 0.460 e. The highest BCUT2D eigenvalue weighted by molar-refractivity contribution is 5.80. The van der Waals surface area contributed by atoms with Gasteiger partial charge < -0.3 is 4.74 Å². The fraction of sp³-hybridized carbons (Fsp3) is 0.562. The van der Waals surface area contributed by atoms with Crippen LogP contribution in [-0.2, 0) is 6.42 Å². The van der Waals surface area contributed by atoms with Gasteiger partial charge >= 0.3 is 35.8 Å². The Kier molecular flexibility index (Phi) is 5.78. The van der Waals surface area contributed by atoms with Crippen LogP contribution in [0.5, 0.6) is 5.75 Å². The Morgan fingerprint density at radius 3 is 1.81 bits per heavy atom. The summed E-state index contributed by atoms with van der Waals surface area (Å²) in [5.74, 6) is -37.5. The van der Waals surface area contributed by atoms with Crippen LogP contribution in [0.1, 0.15) is 22.3 Å². The summed E-state index contributed by atoms with van der Waals surface area (Å²) in [4.78, 5) is 10.8. The van der Waals surface area contributed by atoms with Crippen molar-refractivity contribution in [3.05, 3.63) is 29.3 Å². The third kappa shape index (κ3) is 3.58. The third-order valence-electron chi connectivity index (χ3n) is 4.47. The van der Waals surface area contributed by atoms with Crippen LogP contribution in [-0.4, -0.2) is 48.2 Å². The van der Waals surface area contributed by atoms with Crippen molar-refractivity contribution in [2.24, 2.45) is 0 Å². The molecule has 2 rings (SSSR count). The van der Waals surface area contributed by atoms with Gasteiger partial charge in [0, 0.05) is 6.42 Å². The number of rotatable bonds is 7. The first kappa shape index (κ1) is 25.0. The summed E-state index contributed by atoms with van der Waals surface area (Å²) in [6, 6.07) is 3.50. The van der Waals surface area contributed by atoms with Gasteiger partial charge in [0.05, 0.1) is 12.0 Å². The Labute approximate surface area is 164 Å². The van der Waals surface area contributed by atoms with E-state index < -0.39 is 54.7 Å². The predicted octanol–water partition coefficient (Wildman–Crippen LogP) is 5.93. The second-order valence-electron chi connectivity index (χ2n) is 6.60. The Bertz CT molecular complexity index is 844. The van der Waals surface area contributed by atoms with E-state index in [9.17, 15) is 61.9 Å². The summed E-state index contributed by atoms with van der Waals surface area (Å²) >= 11 is 0. The van der Waals surface area contributed by atoms with E-state index in [1.54, 1.807) is 0 Å². The minimum Gasteiger partial charge on any atom is -0.489 e. The molecule has 176 valence electrons. The molecule has 1 aliphatic heterocycles. The monoisotopic (exact) mass is 480 g/mol. The van der Waals surface area contributed by atoms with Gasteiger partial charge in [0.15, 0.2) is 6.29 Å². The molecule has 0 fully saturated rings. The lowest BCUT2D eigenvalue weighted by Gasteiger charge is -2.40. The number of carbonyl (C=O) groups is 1. The van der Waals surface area contributed by atoms with Crippen molar-refractivity contribution >= 4 is 6.29 Å². The average Bonchev–Trinajstić information content (AvgIpc) is 3.01. The number of hydrogen-bond acceptors (Lipinski definition) is 2. The molecule has 0 saturated heterocycles. The molecule has 0 amide bonds. The second-order valence-corrected chi connectivity index (χ2v) is 6.60. The number of aldehydes is 1. The highest BCUT2D eigenvalue weighted by Crippen LogP contribution is 2.61. The van der Waals surface area contributed by atoms with Gasteiger partial charge in [-0.25, -0.2) is 0 Å². The van der Waals surface area contributed by atoms with Crippen LogP contribution in [0.4, 0.5) is 57.1 Å². The number of fused-ring (bicyclic) bond motifs is 1. The maximum atomic E-state index is 13.9. The normalized spacial score (nSPS) is 18.5. The molecule has 0 aromatic heterocycles. The van der Waals surface area contributed by atoms with Crippen molar-refractivity contribution < 1.29 is 66.6 Å². The Morgan fingerprint density at radius 2 is 1.32 bits per heavy atom. The molecule has 0 spiro atoms. The summed E-state index contributed by atoms with van der Waals surface area (Å²) in [7, 11) is 0. The molecular formula is C16H9F13O2. The Hall–Kier alpha value is -2.22. The smallest absolute Gasteiger partial charge is 0.460 e. The van der Waals surface area contributed by atoms with E-state index in [4.69, 9.17) is 4.74 Å². The number of para-hydroxylation sites is 1. The van der Waals surface area contributed by atoms with E-state index in [1.165, 1.54) is 12.1 Å². The molecule has 0 radical (unpaired) electrons. The van der Waals surface area contributed by atoms with E-state index in [1.807, 2.05) is 0 Å². The van der Waals surface area contributed by atoms with Crippen LogP contribution in [0.3, 0.4) is 0 Å². The average molecular weight is 480 g/mol. The number of carbonyl (C=O) groups excluding carboxylic acids is 1. The van der Waals surface area contributed by atoms with Crippen LogP contribution in [0, 0.1) is 0 Å². The molecule has 31 heavy (non-hydrogen) atoms. The lowest BCUT2D eigenvalue weighted by molar-refractivity contribution is -0.440. The molecule has 0 N–H and O–H groups in total. The number of benzene rings is 1. The second kappa shape index (κ2) is 7.15. The van der Waals surface area contributed by atoms with Gasteiger partial charge in [-0.2, -0.15) is 57.1 Å². The van der Waals surface area contributed by atoms with Gasteiger partial charge in [-0.15, -0.1) is 0 Å². The van der Waals surface area contributed by atoms with E-state index in [-0.39, 0.29) is 23.2 Å². The van der Waals surface area contributed by atoms with Gasteiger partial charge in [-0.05, 0) is 11.6 Å². The van der Waals surface area contributed by atoms with Crippen molar-refractivity contribution in [3.63, 3.8) is 0 Å². The fourth-order valence-electron chi connectivity index (χ4n) is 2.79. The lowest BCUT2D eigenvalue weighted by Crippen LogP contribution is -2.70. The molecule has 15 heteroatoms. The number of halogens is 13. The standard InChI is InChI=1S/C16H9F13O2/c17-11(18,5-9-4-7-2-1-3-8(6-30)10(7)31-9)12(19,20)13(21,22)14(23,24)15(25,26)16(27,28)29/h1-3,6,9H,4-5H2/t9-/m0/s1. The van der Waals surface area contributed by atoms with E-state index in [0.29, 0.717) is 0 Å². The zero-order chi connectivity index (χ0) is 24.3. The van der Waals surface area contributed by atoms with Gasteiger partial charge in [0.25, 0.3) is 0 Å². The summed E-state index contributed by atoms with van der Waals surface area (Å²) in [6.45, 7) is 0. The lowest BCUT2D eigenvalue weighted by atomic mass is 9.91. The fourth-order valence-corrected chi connectivity index (χ4v) is 2.79. The molecule has 1 aromatic rings. The van der Waals surface area contributed by atoms with Crippen LogP contribution >= 0.6 is 0 Å². The molecular weight excluding hydrogens is 471 g/mol. The topological polar surface area (TPSA) is 26.3 Å². The Balaban J connectivity index is 2.36. The van der Waals surface area contributed by atoms with E-state index in [0.717, 1.165) is 6.07 Å². The predicted molar refractivity (Wildman–Crippen MR) is 75.4 cm³/mol. The number of hydrogen-bond donors (Lipinski definition) is 0. The summed E-state index contributed by atoms with van der Waals surface area (Å²) < 4.78 is 175. The first-order chi connectivity index (χ1) is 13.7. The third-order valence-corrected chi connectivity index (χ3v) is 4.47. The summed E-state index contributed by atoms with van der Waals surface area (Å²) in [5.41, 5.74) is -0.272. The largest absolute Gasteiger partial charge is 0.489 e. The minimum absolute atomic E-state index is 0.0191. The zero-order valence-corrected chi connectivity index (χ0v) is 14.5.